The van der Waals surface area contributed by atoms with Crippen molar-refractivity contribution in [1.82, 2.24) is 20.4 Å². The van der Waals surface area contributed by atoms with Crippen molar-refractivity contribution in [1.29, 1.82) is 0 Å². The molecule has 1 aliphatic heterocycles. The van der Waals surface area contributed by atoms with E-state index >= 15 is 0 Å². The standard InChI is InChI=1S/C19H27N5O2/c1-20-19(21-9-5-10-26-18-8-11-25-15-18)22-12-16-13-23-24(14-16)17-6-3-2-4-7-17/h2-4,6-7,13-14,18H,5,8-12,15H2,1H3,(H2,20,21,22). The molecule has 0 spiro atoms. The van der Waals surface area contributed by atoms with Crippen molar-refractivity contribution in [3.8, 4) is 5.69 Å². The maximum absolute atomic E-state index is 5.76. The molecule has 0 saturated carbocycles. The highest BCUT2D eigenvalue weighted by atomic mass is 16.5. The minimum atomic E-state index is 0.272. The van der Waals surface area contributed by atoms with E-state index in [0.717, 1.165) is 56.4 Å². The van der Waals surface area contributed by atoms with E-state index in [9.17, 15) is 0 Å². The number of rotatable bonds is 8. The Kier molecular flexibility index (Phi) is 7.04. The molecule has 2 aromatic rings. The largest absolute Gasteiger partial charge is 0.379 e. The Morgan fingerprint density at radius 2 is 2.23 bits per heavy atom. The monoisotopic (exact) mass is 357 g/mol. The molecular formula is C19H27N5O2. The van der Waals surface area contributed by atoms with E-state index in [1.807, 2.05) is 47.4 Å². The summed E-state index contributed by atoms with van der Waals surface area (Å²) in [5.74, 6) is 0.779. The molecule has 0 radical (unpaired) electrons. The Bertz CT molecular complexity index is 680. The van der Waals surface area contributed by atoms with Gasteiger partial charge in [-0.15, -0.1) is 0 Å². The number of aromatic nitrogens is 2. The van der Waals surface area contributed by atoms with Gasteiger partial charge in [-0.05, 0) is 25.0 Å². The number of nitrogens with one attached hydrogen (secondary N) is 2. The summed E-state index contributed by atoms with van der Waals surface area (Å²) in [4.78, 5) is 4.25. The molecule has 7 heteroatoms. The number of benzene rings is 1. The van der Waals surface area contributed by atoms with Gasteiger partial charge in [0.15, 0.2) is 5.96 Å². The van der Waals surface area contributed by atoms with Gasteiger partial charge in [-0.1, -0.05) is 18.2 Å². The van der Waals surface area contributed by atoms with Crippen molar-refractivity contribution < 1.29 is 9.47 Å². The van der Waals surface area contributed by atoms with E-state index in [2.05, 4.69) is 20.7 Å². The van der Waals surface area contributed by atoms with Crippen LogP contribution >= 0.6 is 0 Å². The van der Waals surface area contributed by atoms with Gasteiger partial charge < -0.3 is 20.1 Å². The van der Waals surface area contributed by atoms with Crippen molar-refractivity contribution in [2.75, 3.05) is 33.4 Å². The van der Waals surface area contributed by atoms with Crippen molar-refractivity contribution in [2.24, 2.45) is 4.99 Å². The number of para-hydroxylation sites is 1. The summed E-state index contributed by atoms with van der Waals surface area (Å²) in [7, 11) is 1.77. The molecular weight excluding hydrogens is 330 g/mol. The molecule has 0 bridgehead atoms. The molecule has 0 amide bonds. The second kappa shape index (κ2) is 9.94. The first-order valence-corrected chi connectivity index (χ1v) is 9.08. The average molecular weight is 357 g/mol. The smallest absolute Gasteiger partial charge is 0.191 e. The van der Waals surface area contributed by atoms with Crippen LogP contribution in [0.15, 0.2) is 47.7 Å². The second-order valence-corrected chi connectivity index (χ2v) is 6.19. The topological polar surface area (TPSA) is 72.7 Å². The van der Waals surface area contributed by atoms with Crippen LogP contribution in [-0.4, -0.2) is 55.3 Å². The zero-order chi connectivity index (χ0) is 18.0. The Balaban J connectivity index is 1.35. The summed E-state index contributed by atoms with van der Waals surface area (Å²) in [5.41, 5.74) is 2.15. The minimum absolute atomic E-state index is 0.272. The SMILES string of the molecule is CN=C(NCCCOC1CCOC1)NCc1cnn(-c2ccccc2)c1. The third kappa shape index (κ3) is 5.57. The van der Waals surface area contributed by atoms with Crippen molar-refractivity contribution in [2.45, 2.75) is 25.5 Å². The number of guanidine groups is 1. The summed E-state index contributed by atoms with van der Waals surface area (Å²) in [5, 5.41) is 11.0. The Labute approximate surface area is 154 Å². The summed E-state index contributed by atoms with van der Waals surface area (Å²) in [6, 6.07) is 10.1. The first-order chi connectivity index (χ1) is 12.8. The van der Waals surface area contributed by atoms with Crippen LogP contribution in [-0.2, 0) is 16.0 Å². The summed E-state index contributed by atoms with van der Waals surface area (Å²) < 4.78 is 12.9. The zero-order valence-electron chi connectivity index (χ0n) is 15.2. The Morgan fingerprint density at radius 1 is 1.35 bits per heavy atom. The van der Waals surface area contributed by atoms with Crippen LogP contribution in [0, 0.1) is 0 Å². The molecule has 1 unspecified atom stereocenters. The molecule has 1 atom stereocenters. The van der Waals surface area contributed by atoms with Crippen LogP contribution in [0.25, 0.3) is 5.69 Å². The third-order valence-corrected chi connectivity index (χ3v) is 4.20. The van der Waals surface area contributed by atoms with Gasteiger partial charge in [0, 0.05) is 45.1 Å². The zero-order valence-corrected chi connectivity index (χ0v) is 15.2. The quantitative estimate of drug-likeness (QED) is 0.428. The third-order valence-electron chi connectivity index (χ3n) is 4.20. The lowest BCUT2D eigenvalue weighted by Gasteiger charge is -2.12. The van der Waals surface area contributed by atoms with Crippen molar-refractivity contribution >= 4 is 5.96 Å². The predicted octanol–water partition coefficient (Wildman–Crippen LogP) is 1.73. The van der Waals surface area contributed by atoms with Crippen molar-refractivity contribution in [3.63, 3.8) is 0 Å². The normalized spacial score (nSPS) is 17.4. The number of aliphatic imine (C=N–C) groups is 1. The number of ether oxygens (including phenoxy) is 2. The summed E-state index contributed by atoms with van der Waals surface area (Å²) in [6.07, 6.45) is 6.10. The lowest BCUT2D eigenvalue weighted by molar-refractivity contribution is 0.0420. The van der Waals surface area contributed by atoms with Gasteiger partial charge >= 0.3 is 0 Å². The summed E-state index contributed by atoms with van der Waals surface area (Å²) in [6.45, 7) is 3.77. The molecule has 1 aliphatic rings. The van der Waals surface area contributed by atoms with E-state index in [1.54, 1.807) is 7.05 Å². The lowest BCUT2D eigenvalue weighted by atomic mass is 10.3. The highest BCUT2D eigenvalue weighted by Crippen LogP contribution is 2.08. The molecule has 3 rings (SSSR count). The Morgan fingerprint density at radius 3 is 3.00 bits per heavy atom. The van der Waals surface area contributed by atoms with Gasteiger partial charge in [0.05, 0.1) is 24.6 Å². The van der Waals surface area contributed by atoms with Crippen LogP contribution in [0.4, 0.5) is 0 Å². The van der Waals surface area contributed by atoms with Gasteiger partial charge in [0.25, 0.3) is 0 Å². The van der Waals surface area contributed by atoms with E-state index in [4.69, 9.17) is 9.47 Å². The van der Waals surface area contributed by atoms with E-state index < -0.39 is 0 Å². The molecule has 1 fully saturated rings. The molecule has 7 nitrogen and oxygen atoms in total. The van der Waals surface area contributed by atoms with Crippen LogP contribution in [0.5, 0.6) is 0 Å². The fourth-order valence-corrected chi connectivity index (χ4v) is 2.75. The van der Waals surface area contributed by atoms with E-state index in [-0.39, 0.29) is 6.10 Å². The first kappa shape index (κ1) is 18.4. The molecule has 1 aromatic heterocycles. The summed E-state index contributed by atoms with van der Waals surface area (Å²) >= 11 is 0. The first-order valence-electron chi connectivity index (χ1n) is 9.08. The fourth-order valence-electron chi connectivity index (χ4n) is 2.75. The minimum Gasteiger partial charge on any atom is -0.379 e. The van der Waals surface area contributed by atoms with Crippen LogP contribution in [0.2, 0.25) is 0 Å². The van der Waals surface area contributed by atoms with Crippen LogP contribution < -0.4 is 10.6 Å². The fraction of sp³-hybridized carbons (Fsp3) is 0.474. The average Bonchev–Trinajstić information content (AvgIpc) is 3.36. The highest BCUT2D eigenvalue weighted by molar-refractivity contribution is 5.79. The number of nitrogens with zero attached hydrogens (tertiary/aromatic N) is 3. The second-order valence-electron chi connectivity index (χ2n) is 6.19. The van der Waals surface area contributed by atoms with Crippen molar-refractivity contribution in [3.05, 3.63) is 48.3 Å². The van der Waals surface area contributed by atoms with Crippen LogP contribution in [0.1, 0.15) is 18.4 Å². The molecule has 26 heavy (non-hydrogen) atoms. The molecule has 1 saturated heterocycles. The predicted molar refractivity (Wildman–Crippen MR) is 102 cm³/mol. The lowest BCUT2D eigenvalue weighted by Crippen LogP contribution is -2.37. The van der Waals surface area contributed by atoms with Gasteiger partial charge in [-0.25, -0.2) is 4.68 Å². The van der Waals surface area contributed by atoms with Gasteiger partial charge in [-0.3, -0.25) is 4.99 Å². The number of hydrogen-bond acceptors (Lipinski definition) is 4. The maximum Gasteiger partial charge on any atom is 0.191 e. The molecule has 2 N–H and O–H groups in total. The van der Waals surface area contributed by atoms with Gasteiger partial charge in [-0.2, -0.15) is 5.10 Å². The maximum atomic E-state index is 5.76. The van der Waals surface area contributed by atoms with Gasteiger partial charge in [0.2, 0.25) is 0 Å². The highest BCUT2D eigenvalue weighted by Gasteiger charge is 2.15. The van der Waals surface area contributed by atoms with E-state index in [1.165, 1.54) is 0 Å². The molecule has 0 aliphatic carbocycles. The molecule has 1 aromatic carbocycles. The van der Waals surface area contributed by atoms with Crippen LogP contribution in [0.3, 0.4) is 0 Å². The molecule has 140 valence electrons. The number of hydrogen-bond donors (Lipinski definition) is 2. The Hall–Kier alpha value is -2.38. The molecule has 2 heterocycles. The van der Waals surface area contributed by atoms with Gasteiger partial charge in [0.1, 0.15) is 0 Å². The van der Waals surface area contributed by atoms with E-state index in [0.29, 0.717) is 6.54 Å².